The number of aliphatic hydroxyl groups excluding tert-OH is 1. The molecule has 1 atom stereocenters. The number of nitrogens with one attached hydrogen (secondary N) is 1. The number of rotatable bonds is 2. The van der Waals surface area contributed by atoms with Crippen molar-refractivity contribution in [3.8, 4) is 0 Å². The molecule has 1 rings (SSSR count). The van der Waals surface area contributed by atoms with Gasteiger partial charge in [-0.2, -0.15) is 0 Å². The van der Waals surface area contributed by atoms with Crippen LogP contribution in [0.5, 0.6) is 0 Å². The Morgan fingerprint density at radius 3 is 2.00 bits per heavy atom. The van der Waals surface area contributed by atoms with Crippen molar-refractivity contribution in [2.24, 2.45) is 11.3 Å². The highest BCUT2D eigenvalue weighted by molar-refractivity contribution is 4.83. The summed E-state index contributed by atoms with van der Waals surface area (Å²) >= 11 is 0. The van der Waals surface area contributed by atoms with Crippen molar-refractivity contribution >= 4 is 0 Å². The first-order valence-electron chi connectivity index (χ1n) is 5.83. The third-order valence-corrected chi connectivity index (χ3v) is 3.43. The summed E-state index contributed by atoms with van der Waals surface area (Å²) < 4.78 is 0. The van der Waals surface area contributed by atoms with Crippen LogP contribution in [0.4, 0.5) is 0 Å². The molecule has 0 aromatic heterocycles. The van der Waals surface area contributed by atoms with Crippen LogP contribution in [0.1, 0.15) is 53.4 Å². The Morgan fingerprint density at radius 1 is 1.14 bits per heavy atom. The highest BCUT2D eigenvalue weighted by atomic mass is 16.3. The van der Waals surface area contributed by atoms with Gasteiger partial charge in [0, 0.05) is 6.04 Å². The van der Waals surface area contributed by atoms with Gasteiger partial charge in [-0.15, -0.1) is 0 Å². The third-order valence-electron chi connectivity index (χ3n) is 3.43. The molecule has 0 aromatic rings. The van der Waals surface area contributed by atoms with E-state index in [-0.39, 0.29) is 6.23 Å². The lowest BCUT2D eigenvalue weighted by Gasteiger charge is -2.37. The average Bonchev–Trinajstić information content (AvgIpc) is 2.02. The SMILES string of the molecule is CC(O)NC1CCC(C(C)(C)C)CC1. The quantitative estimate of drug-likeness (QED) is 0.670. The summed E-state index contributed by atoms with van der Waals surface area (Å²) in [4.78, 5) is 0. The molecule has 0 aromatic carbocycles. The van der Waals surface area contributed by atoms with E-state index in [0.29, 0.717) is 11.5 Å². The Hall–Kier alpha value is -0.0800. The van der Waals surface area contributed by atoms with Gasteiger partial charge >= 0.3 is 0 Å². The van der Waals surface area contributed by atoms with E-state index in [9.17, 15) is 5.11 Å². The summed E-state index contributed by atoms with van der Waals surface area (Å²) in [5, 5.41) is 12.4. The van der Waals surface area contributed by atoms with Crippen molar-refractivity contribution in [1.82, 2.24) is 5.32 Å². The van der Waals surface area contributed by atoms with Gasteiger partial charge in [-0.1, -0.05) is 20.8 Å². The monoisotopic (exact) mass is 199 g/mol. The Kier molecular flexibility index (Phi) is 3.96. The van der Waals surface area contributed by atoms with E-state index in [1.165, 1.54) is 25.7 Å². The predicted molar refractivity (Wildman–Crippen MR) is 60.0 cm³/mol. The fourth-order valence-electron chi connectivity index (χ4n) is 2.47. The molecule has 14 heavy (non-hydrogen) atoms. The molecule has 0 spiro atoms. The molecule has 2 N–H and O–H groups in total. The second-order valence-electron chi connectivity index (χ2n) is 5.76. The molecule has 0 heterocycles. The fourth-order valence-corrected chi connectivity index (χ4v) is 2.47. The Labute approximate surface area is 88.1 Å². The Morgan fingerprint density at radius 2 is 1.64 bits per heavy atom. The standard InChI is InChI=1S/C12H25NO/c1-9(14)13-11-7-5-10(6-8-11)12(2,3)4/h9-11,13-14H,5-8H2,1-4H3. The van der Waals surface area contributed by atoms with Crippen LogP contribution >= 0.6 is 0 Å². The fraction of sp³-hybridized carbons (Fsp3) is 1.00. The van der Waals surface area contributed by atoms with Crippen molar-refractivity contribution in [1.29, 1.82) is 0 Å². The summed E-state index contributed by atoms with van der Waals surface area (Å²) in [6.45, 7) is 8.80. The van der Waals surface area contributed by atoms with Crippen LogP contribution in [0.15, 0.2) is 0 Å². The molecule has 2 heteroatoms. The number of hydrogen-bond donors (Lipinski definition) is 2. The zero-order valence-electron chi connectivity index (χ0n) is 10.0. The van der Waals surface area contributed by atoms with E-state index in [0.717, 1.165) is 5.92 Å². The van der Waals surface area contributed by atoms with E-state index in [1.54, 1.807) is 6.92 Å². The molecule has 84 valence electrons. The van der Waals surface area contributed by atoms with E-state index in [4.69, 9.17) is 0 Å². The molecule has 1 aliphatic carbocycles. The molecule has 0 aliphatic heterocycles. The van der Waals surface area contributed by atoms with Gasteiger partial charge in [0.25, 0.3) is 0 Å². The van der Waals surface area contributed by atoms with Gasteiger partial charge in [0.15, 0.2) is 0 Å². The number of aliphatic hydroxyl groups is 1. The van der Waals surface area contributed by atoms with Crippen molar-refractivity contribution in [2.75, 3.05) is 0 Å². The van der Waals surface area contributed by atoms with Gasteiger partial charge in [-0.05, 0) is 43.9 Å². The van der Waals surface area contributed by atoms with Gasteiger partial charge in [-0.3, -0.25) is 5.32 Å². The Balaban J connectivity index is 2.31. The zero-order valence-corrected chi connectivity index (χ0v) is 10.0. The van der Waals surface area contributed by atoms with Crippen molar-refractivity contribution in [3.05, 3.63) is 0 Å². The molecule has 0 saturated heterocycles. The predicted octanol–water partition coefficient (Wildman–Crippen LogP) is 2.52. The highest BCUT2D eigenvalue weighted by Gasteiger charge is 2.29. The molecule has 1 unspecified atom stereocenters. The summed E-state index contributed by atoms with van der Waals surface area (Å²) in [5.41, 5.74) is 0.454. The molecule has 2 nitrogen and oxygen atoms in total. The van der Waals surface area contributed by atoms with Crippen molar-refractivity contribution in [3.63, 3.8) is 0 Å². The molecule has 1 fully saturated rings. The summed E-state index contributed by atoms with van der Waals surface area (Å²) in [6, 6.07) is 0.536. The Bertz CT molecular complexity index is 164. The molecule has 1 saturated carbocycles. The lowest BCUT2D eigenvalue weighted by Crippen LogP contribution is -2.40. The molecular formula is C12H25NO. The van der Waals surface area contributed by atoms with Crippen LogP contribution in [0.3, 0.4) is 0 Å². The molecule has 0 amide bonds. The van der Waals surface area contributed by atoms with Gasteiger partial charge < -0.3 is 5.11 Å². The van der Waals surface area contributed by atoms with Crippen LogP contribution < -0.4 is 5.32 Å². The van der Waals surface area contributed by atoms with Gasteiger partial charge in [0.1, 0.15) is 6.23 Å². The minimum absolute atomic E-state index is 0.355. The van der Waals surface area contributed by atoms with E-state index in [2.05, 4.69) is 26.1 Å². The van der Waals surface area contributed by atoms with Crippen LogP contribution in [0.2, 0.25) is 0 Å². The van der Waals surface area contributed by atoms with E-state index >= 15 is 0 Å². The van der Waals surface area contributed by atoms with Crippen LogP contribution in [0.25, 0.3) is 0 Å². The minimum atomic E-state index is -0.355. The van der Waals surface area contributed by atoms with Gasteiger partial charge in [0.05, 0.1) is 0 Å². The first-order chi connectivity index (χ1) is 6.39. The average molecular weight is 199 g/mol. The second-order valence-corrected chi connectivity index (χ2v) is 5.76. The van der Waals surface area contributed by atoms with Crippen molar-refractivity contribution < 1.29 is 5.11 Å². The largest absolute Gasteiger partial charge is 0.379 e. The zero-order chi connectivity index (χ0) is 10.8. The summed E-state index contributed by atoms with van der Waals surface area (Å²) in [6.07, 6.45) is 4.67. The van der Waals surface area contributed by atoms with Crippen LogP contribution in [-0.2, 0) is 0 Å². The van der Waals surface area contributed by atoms with E-state index in [1.807, 2.05) is 0 Å². The molecule has 0 radical (unpaired) electrons. The summed E-state index contributed by atoms with van der Waals surface area (Å²) in [7, 11) is 0. The lowest BCUT2D eigenvalue weighted by atomic mass is 9.71. The minimum Gasteiger partial charge on any atom is -0.379 e. The van der Waals surface area contributed by atoms with Crippen LogP contribution in [-0.4, -0.2) is 17.4 Å². The first-order valence-corrected chi connectivity index (χ1v) is 5.83. The smallest absolute Gasteiger partial charge is 0.102 e. The molecule has 1 aliphatic rings. The maximum atomic E-state index is 9.22. The molecular weight excluding hydrogens is 174 g/mol. The van der Waals surface area contributed by atoms with E-state index < -0.39 is 0 Å². The van der Waals surface area contributed by atoms with Gasteiger partial charge in [-0.25, -0.2) is 0 Å². The third kappa shape index (κ3) is 3.58. The first kappa shape index (κ1) is 12.0. The topological polar surface area (TPSA) is 32.3 Å². The maximum absolute atomic E-state index is 9.22. The molecule has 0 bridgehead atoms. The second kappa shape index (κ2) is 4.63. The van der Waals surface area contributed by atoms with Crippen molar-refractivity contribution in [2.45, 2.75) is 65.6 Å². The summed E-state index contributed by atoms with van der Waals surface area (Å²) in [5.74, 6) is 0.856. The lowest BCUT2D eigenvalue weighted by molar-refractivity contribution is 0.105. The number of hydrogen-bond acceptors (Lipinski definition) is 2. The van der Waals surface area contributed by atoms with Gasteiger partial charge in [0.2, 0.25) is 0 Å². The maximum Gasteiger partial charge on any atom is 0.102 e. The highest BCUT2D eigenvalue weighted by Crippen LogP contribution is 2.37. The van der Waals surface area contributed by atoms with Crippen LogP contribution in [0, 0.1) is 11.3 Å². The normalized spacial score (nSPS) is 31.5.